The molecular formula is C23H25FN4O. The number of rotatable bonds is 5. The fourth-order valence-corrected chi connectivity index (χ4v) is 3.93. The lowest BCUT2D eigenvalue weighted by atomic mass is 10.1. The lowest BCUT2D eigenvalue weighted by Gasteiger charge is -2.24. The SMILES string of the molecule is Cc1c(C(=O)N(C)Cc2ccccc2N2CCCC2)cnn1-c1ccccc1F. The van der Waals surface area contributed by atoms with Crippen molar-refractivity contribution in [2.75, 3.05) is 25.0 Å². The molecule has 0 N–H and O–H groups in total. The summed E-state index contributed by atoms with van der Waals surface area (Å²) in [6.45, 7) is 4.42. The van der Waals surface area contributed by atoms with E-state index in [4.69, 9.17) is 0 Å². The second-order valence-corrected chi connectivity index (χ2v) is 7.49. The molecule has 2 heterocycles. The molecule has 0 unspecified atom stereocenters. The number of nitrogens with zero attached hydrogens (tertiary/aromatic N) is 4. The first kappa shape index (κ1) is 19.2. The van der Waals surface area contributed by atoms with Gasteiger partial charge in [-0.2, -0.15) is 5.10 Å². The highest BCUT2D eigenvalue weighted by Gasteiger charge is 2.22. The van der Waals surface area contributed by atoms with Gasteiger partial charge in [0.05, 0.1) is 17.5 Å². The first-order chi connectivity index (χ1) is 14.1. The molecule has 3 aromatic rings. The highest BCUT2D eigenvalue weighted by Crippen LogP contribution is 2.26. The standard InChI is InChI=1S/C23H25FN4O/c1-17-19(15-25-28(17)22-12-6-4-10-20(22)24)23(29)26(2)16-18-9-3-5-11-21(18)27-13-7-8-14-27/h3-6,9-12,15H,7-8,13-14,16H2,1-2H3. The van der Waals surface area contributed by atoms with Gasteiger partial charge in [0.25, 0.3) is 5.91 Å². The van der Waals surface area contributed by atoms with Crippen molar-refractivity contribution in [1.82, 2.24) is 14.7 Å². The van der Waals surface area contributed by atoms with Crippen LogP contribution in [0.4, 0.5) is 10.1 Å². The van der Waals surface area contributed by atoms with Crippen LogP contribution in [0.3, 0.4) is 0 Å². The van der Waals surface area contributed by atoms with Gasteiger partial charge in [-0.15, -0.1) is 0 Å². The van der Waals surface area contributed by atoms with Gasteiger partial charge >= 0.3 is 0 Å². The van der Waals surface area contributed by atoms with Crippen molar-refractivity contribution >= 4 is 11.6 Å². The summed E-state index contributed by atoms with van der Waals surface area (Å²) in [7, 11) is 1.79. The first-order valence-corrected chi connectivity index (χ1v) is 9.94. The zero-order valence-electron chi connectivity index (χ0n) is 16.8. The normalized spacial score (nSPS) is 13.7. The molecule has 0 saturated carbocycles. The highest BCUT2D eigenvalue weighted by atomic mass is 19.1. The minimum Gasteiger partial charge on any atom is -0.371 e. The topological polar surface area (TPSA) is 41.4 Å². The third kappa shape index (κ3) is 3.75. The molecule has 0 bridgehead atoms. The van der Waals surface area contributed by atoms with Crippen molar-refractivity contribution in [2.45, 2.75) is 26.3 Å². The summed E-state index contributed by atoms with van der Waals surface area (Å²) >= 11 is 0. The summed E-state index contributed by atoms with van der Waals surface area (Å²) in [5.74, 6) is -0.494. The lowest BCUT2D eigenvalue weighted by Crippen LogP contribution is -2.28. The van der Waals surface area contributed by atoms with Gasteiger partial charge in [-0.1, -0.05) is 30.3 Å². The van der Waals surface area contributed by atoms with Crippen LogP contribution >= 0.6 is 0 Å². The lowest BCUT2D eigenvalue weighted by molar-refractivity contribution is 0.0784. The monoisotopic (exact) mass is 392 g/mol. The predicted molar refractivity (Wildman–Crippen MR) is 112 cm³/mol. The van der Waals surface area contributed by atoms with Crippen LogP contribution in [0.15, 0.2) is 54.7 Å². The number of benzene rings is 2. The molecule has 29 heavy (non-hydrogen) atoms. The summed E-state index contributed by atoms with van der Waals surface area (Å²) in [5.41, 5.74) is 3.77. The quantitative estimate of drug-likeness (QED) is 0.654. The van der Waals surface area contributed by atoms with Crippen molar-refractivity contribution in [3.63, 3.8) is 0 Å². The van der Waals surface area contributed by atoms with Gasteiger partial charge in [-0.25, -0.2) is 9.07 Å². The van der Waals surface area contributed by atoms with Crippen LogP contribution in [0.1, 0.15) is 34.5 Å². The summed E-state index contributed by atoms with van der Waals surface area (Å²) in [6.07, 6.45) is 3.93. The molecule has 0 aliphatic carbocycles. The minimum absolute atomic E-state index is 0.124. The maximum absolute atomic E-state index is 14.1. The van der Waals surface area contributed by atoms with E-state index in [9.17, 15) is 9.18 Å². The molecule has 4 rings (SSSR count). The molecule has 0 atom stereocenters. The molecular weight excluding hydrogens is 367 g/mol. The van der Waals surface area contributed by atoms with Gasteiger partial charge in [0.15, 0.2) is 0 Å². The van der Waals surface area contributed by atoms with E-state index >= 15 is 0 Å². The second kappa shape index (κ2) is 8.07. The zero-order chi connectivity index (χ0) is 20.4. The minimum atomic E-state index is -0.370. The van der Waals surface area contributed by atoms with E-state index in [2.05, 4.69) is 22.1 Å². The zero-order valence-corrected chi connectivity index (χ0v) is 16.8. The van der Waals surface area contributed by atoms with E-state index < -0.39 is 0 Å². The van der Waals surface area contributed by atoms with Crippen LogP contribution in [0.5, 0.6) is 0 Å². The Hall–Kier alpha value is -3.15. The molecule has 1 amide bonds. The van der Waals surface area contributed by atoms with Crippen LogP contribution in [-0.4, -0.2) is 40.7 Å². The molecule has 0 spiro atoms. The van der Waals surface area contributed by atoms with Crippen LogP contribution in [0.25, 0.3) is 5.69 Å². The van der Waals surface area contributed by atoms with Crippen LogP contribution in [0.2, 0.25) is 0 Å². The average molecular weight is 392 g/mol. The van der Waals surface area contributed by atoms with Crippen LogP contribution in [0, 0.1) is 12.7 Å². The second-order valence-electron chi connectivity index (χ2n) is 7.49. The number of aromatic nitrogens is 2. The van der Waals surface area contributed by atoms with Gasteiger partial charge < -0.3 is 9.80 Å². The van der Waals surface area contributed by atoms with Gasteiger partial charge in [0.2, 0.25) is 0 Å². The summed E-state index contributed by atoms with van der Waals surface area (Å²) in [4.78, 5) is 17.2. The largest absolute Gasteiger partial charge is 0.371 e. The molecule has 2 aromatic carbocycles. The smallest absolute Gasteiger partial charge is 0.257 e. The number of hydrogen-bond donors (Lipinski definition) is 0. The summed E-state index contributed by atoms with van der Waals surface area (Å²) in [5, 5.41) is 4.26. The van der Waals surface area contributed by atoms with Crippen molar-refractivity contribution in [1.29, 1.82) is 0 Å². The molecule has 1 fully saturated rings. The number of amides is 1. The predicted octanol–water partition coefficient (Wildman–Crippen LogP) is 4.19. The molecule has 6 heteroatoms. The Morgan fingerprint density at radius 1 is 1.07 bits per heavy atom. The molecule has 1 aliphatic rings. The first-order valence-electron chi connectivity index (χ1n) is 9.94. The van der Waals surface area contributed by atoms with Gasteiger partial charge in [0, 0.05) is 32.4 Å². The Balaban J connectivity index is 1.56. The van der Waals surface area contributed by atoms with Crippen molar-refractivity contribution in [3.05, 3.63) is 77.4 Å². The molecule has 150 valence electrons. The average Bonchev–Trinajstić information content (AvgIpc) is 3.38. The van der Waals surface area contributed by atoms with E-state index in [1.54, 1.807) is 37.1 Å². The fraction of sp³-hybridized carbons (Fsp3) is 0.304. The van der Waals surface area contributed by atoms with Crippen LogP contribution in [-0.2, 0) is 6.54 Å². The maximum Gasteiger partial charge on any atom is 0.257 e. The Morgan fingerprint density at radius 2 is 1.72 bits per heavy atom. The molecule has 1 aliphatic heterocycles. The van der Waals surface area contributed by atoms with Crippen molar-refractivity contribution in [2.24, 2.45) is 0 Å². The number of para-hydroxylation sites is 2. The summed E-state index contributed by atoms with van der Waals surface area (Å²) in [6, 6.07) is 14.7. The van der Waals surface area contributed by atoms with Gasteiger partial charge in [-0.3, -0.25) is 4.79 Å². The van der Waals surface area contributed by atoms with Crippen molar-refractivity contribution < 1.29 is 9.18 Å². The number of carbonyl (C=O) groups is 1. The third-order valence-electron chi connectivity index (χ3n) is 5.51. The summed E-state index contributed by atoms with van der Waals surface area (Å²) < 4.78 is 15.6. The Kier molecular flexibility index (Phi) is 5.34. The maximum atomic E-state index is 14.1. The number of hydrogen-bond acceptors (Lipinski definition) is 3. The van der Waals surface area contributed by atoms with E-state index in [1.165, 1.54) is 35.5 Å². The fourth-order valence-electron chi connectivity index (χ4n) is 3.93. The van der Waals surface area contributed by atoms with E-state index in [0.29, 0.717) is 23.5 Å². The van der Waals surface area contributed by atoms with Crippen LogP contribution < -0.4 is 4.90 Å². The molecule has 1 saturated heterocycles. The Labute approximate surface area is 170 Å². The van der Waals surface area contributed by atoms with Crippen molar-refractivity contribution in [3.8, 4) is 5.69 Å². The van der Waals surface area contributed by atoms with E-state index in [-0.39, 0.29) is 11.7 Å². The van der Waals surface area contributed by atoms with Gasteiger partial charge in [0.1, 0.15) is 11.5 Å². The number of carbonyl (C=O) groups excluding carboxylic acids is 1. The number of halogens is 1. The Morgan fingerprint density at radius 3 is 2.45 bits per heavy atom. The molecule has 1 aromatic heterocycles. The molecule has 0 radical (unpaired) electrons. The van der Waals surface area contributed by atoms with Gasteiger partial charge in [-0.05, 0) is 43.5 Å². The highest BCUT2D eigenvalue weighted by molar-refractivity contribution is 5.95. The molecule has 5 nitrogen and oxygen atoms in total. The third-order valence-corrected chi connectivity index (χ3v) is 5.51. The Bertz CT molecular complexity index is 1020. The van der Waals surface area contributed by atoms with E-state index in [0.717, 1.165) is 18.7 Å². The van der Waals surface area contributed by atoms with E-state index in [1.807, 2.05) is 12.1 Å². The number of anilines is 1.